The van der Waals surface area contributed by atoms with Gasteiger partial charge in [-0.2, -0.15) is 0 Å². The first kappa shape index (κ1) is 23.6. The SMILES string of the molecule is Cc1c(Cl)cccc1Nc1ccccc1C(=O)Nc1ccc(N2CCNC(C)(C)C2)c(Br)c1. The van der Waals surface area contributed by atoms with E-state index in [2.05, 4.69) is 56.7 Å². The maximum Gasteiger partial charge on any atom is 0.257 e. The molecular weight excluding hydrogens is 500 g/mol. The first-order valence-corrected chi connectivity index (χ1v) is 12.1. The first-order valence-electron chi connectivity index (χ1n) is 11.0. The van der Waals surface area contributed by atoms with Crippen molar-refractivity contribution in [3.05, 3.63) is 81.3 Å². The van der Waals surface area contributed by atoms with E-state index in [9.17, 15) is 4.79 Å². The van der Waals surface area contributed by atoms with E-state index in [4.69, 9.17) is 11.6 Å². The van der Waals surface area contributed by atoms with Crippen LogP contribution in [-0.4, -0.2) is 31.1 Å². The molecule has 1 aliphatic heterocycles. The number of piperazine rings is 1. The van der Waals surface area contributed by atoms with Crippen molar-refractivity contribution < 1.29 is 4.79 Å². The Morgan fingerprint density at radius 1 is 1.09 bits per heavy atom. The zero-order valence-corrected chi connectivity index (χ0v) is 21.3. The molecule has 0 radical (unpaired) electrons. The number of hydrogen-bond donors (Lipinski definition) is 3. The van der Waals surface area contributed by atoms with Gasteiger partial charge < -0.3 is 20.9 Å². The summed E-state index contributed by atoms with van der Waals surface area (Å²) in [5.41, 5.74) is 5.00. The minimum Gasteiger partial charge on any atom is -0.368 e. The third-order valence-electron chi connectivity index (χ3n) is 5.83. The molecule has 4 rings (SSSR count). The molecular formula is C26H28BrClN4O. The lowest BCUT2D eigenvalue weighted by atomic mass is 10.0. The zero-order chi connectivity index (χ0) is 23.6. The summed E-state index contributed by atoms with van der Waals surface area (Å²) in [7, 11) is 0. The Morgan fingerprint density at radius 2 is 1.85 bits per heavy atom. The van der Waals surface area contributed by atoms with Crippen LogP contribution in [0.1, 0.15) is 29.8 Å². The molecule has 0 spiro atoms. The summed E-state index contributed by atoms with van der Waals surface area (Å²) in [6.45, 7) is 9.16. The number of para-hydroxylation sites is 1. The van der Waals surface area contributed by atoms with Crippen LogP contribution in [0, 0.1) is 6.92 Å². The van der Waals surface area contributed by atoms with Gasteiger partial charge in [-0.15, -0.1) is 0 Å². The molecule has 1 fully saturated rings. The lowest BCUT2D eigenvalue weighted by Crippen LogP contribution is -2.57. The molecule has 3 aromatic carbocycles. The fraction of sp³-hybridized carbons (Fsp3) is 0.269. The van der Waals surface area contributed by atoms with Crippen molar-refractivity contribution in [2.75, 3.05) is 35.2 Å². The molecule has 3 aromatic rings. The maximum atomic E-state index is 13.1. The highest BCUT2D eigenvalue weighted by Crippen LogP contribution is 2.32. The number of halogens is 2. The third-order valence-corrected chi connectivity index (χ3v) is 6.87. The van der Waals surface area contributed by atoms with E-state index >= 15 is 0 Å². The highest BCUT2D eigenvalue weighted by atomic mass is 79.9. The second-order valence-electron chi connectivity index (χ2n) is 8.94. The van der Waals surface area contributed by atoms with Gasteiger partial charge in [-0.25, -0.2) is 0 Å². The van der Waals surface area contributed by atoms with Crippen LogP contribution in [-0.2, 0) is 0 Å². The van der Waals surface area contributed by atoms with Crippen molar-refractivity contribution in [1.82, 2.24) is 5.32 Å². The van der Waals surface area contributed by atoms with Gasteiger partial charge in [0.15, 0.2) is 0 Å². The van der Waals surface area contributed by atoms with Crippen molar-refractivity contribution >= 4 is 56.2 Å². The molecule has 33 heavy (non-hydrogen) atoms. The van der Waals surface area contributed by atoms with E-state index in [1.54, 1.807) is 0 Å². The summed E-state index contributed by atoms with van der Waals surface area (Å²) in [5, 5.41) is 10.6. The Bertz CT molecular complexity index is 1180. The van der Waals surface area contributed by atoms with Crippen molar-refractivity contribution in [2.24, 2.45) is 0 Å². The number of rotatable bonds is 5. The first-order chi connectivity index (χ1) is 15.7. The fourth-order valence-corrected chi connectivity index (χ4v) is 4.87. The van der Waals surface area contributed by atoms with E-state index in [0.29, 0.717) is 10.6 Å². The second kappa shape index (κ2) is 9.75. The number of carbonyl (C=O) groups is 1. The van der Waals surface area contributed by atoms with Gasteiger partial charge in [-0.3, -0.25) is 4.79 Å². The van der Waals surface area contributed by atoms with Crippen LogP contribution in [0.25, 0.3) is 0 Å². The number of amides is 1. The highest BCUT2D eigenvalue weighted by Gasteiger charge is 2.26. The molecule has 0 unspecified atom stereocenters. The van der Waals surface area contributed by atoms with Crippen molar-refractivity contribution in [2.45, 2.75) is 26.3 Å². The maximum absolute atomic E-state index is 13.1. The number of anilines is 4. The summed E-state index contributed by atoms with van der Waals surface area (Å²) in [6.07, 6.45) is 0. The minimum absolute atomic E-state index is 0.0582. The molecule has 172 valence electrons. The van der Waals surface area contributed by atoms with Crippen molar-refractivity contribution in [3.63, 3.8) is 0 Å². The van der Waals surface area contributed by atoms with Gasteiger partial charge in [0, 0.05) is 46.0 Å². The van der Waals surface area contributed by atoms with E-state index in [-0.39, 0.29) is 11.4 Å². The van der Waals surface area contributed by atoms with Gasteiger partial charge in [-0.1, -0.05) is 29.8 Å². The standard InChI is InChI=1S/C26H28BrClN4O/c1-17-21(28)8-6-10-22(17)31-23-9-5-4-7-19(23)25(33)30-18-11-12-24(20(27)15-18)32-14-13-29-26(2,3)16-32/h4-12,15,29,31H,13-14,16H2,1-3H3,(H,30,33). The number of nitrogens with zero attached hydrogens (tertiary/aromatic N) is 1. The molecule has 0 bridgehead atoms. The minimum atomic E-state index is -0.180. The zero-order valence-electron chi connectivity index (χ0n) is 19.0. The van der Waals surface area contributed by atoms with Gasteiger partial charge in [0.2, 0.25) is 0 Å². The number of benzene rings is 3. The van der Waals surface area contributed by atoms with Crippen molar-refractivity contribution in [1.29, 1.82) is 0 Å². The molecule has 1 amide bonds. The Kier molecular flexibility index (Phi) is 6.98. The third kappa shape index (κ3) is 5.52. The molecule has 1 aliphatic rings. The van der Waals surface area contributed by atoms with Gasteiger partial charge >= 0.3 is 0 Å². The lowest BCUT2D eigenvalue weighted by molar-refractivity contribution is 0.102. The summed E-state index contributed by atoms with van der Waals surface area (Å²) in [4.78, 5) is 15.5. The van der Waals surface area contributed by atoms with Crippen LogP contribution >= 0.6 is 27.5 Å². The number of hydrogen-bond acceptors (Lipinski definition) is 4. The van der Waals surface area contributed by atoms with Gasteiger partial charge in [0.05, 0.1) is 16.9 Å². The predicted octanol–water partition coefficient (Wildman–Crippen LogP) is 6.60. The van der Waals surface area contributed by atoms with Crippen LogP contribution in [0.4, 0.5) is 22.7 Å². The van der Waals surface area contributed by atoms with Crippen LogP contribution in [0.15, 0.2) is 65.1 Å². The second-order valence-corrected chi connectivity index (χ2v) is 10.2. The molecule has 5 nitrogen and oxygen atoms in total. The topological polar surface area (TPSA) is 56.4 Å². The van der Waals surface area contributed by atoms with Crippen LogP contribution in [0.5, 0.6) is 0 Å². The van der Waals surface area contributed by atoms with Crippen molar-refractivity contribution in [3.8, 4) is 0 Å². The van der Waals surface area contributed by atoms with E-state index in [1.807, 2.05) is 61.5 Å². The predicted molar refractivity (Wildman–Crippen MR) is 142 cm³/mol. The molecule has 1 saturated heterocycles. The lowest BCUT2D eigenvalue weighted by Gasteiger charge is -2.40. The molecule has 0 aliphatic carbocycles. The van der Waals surface area contributed by atoms with Crippen LogP contribution in [0.2, 0.25) is 5.02 Å². The van der Waals surface area contributed by atoms with E-state index in [1.165, 1.54) is 0 Å². The Labute approximate surface area is 208 Å². The molecule has 0 atom stereocenters. The van der Waals surface area contributed by atoms with Gasteiger partial charge in [-0.05, 0) is 84.7 Å². The Balaban J connectivity index is 1.52. The molecule has 3 N–H and O–H groups in total. The van der Waals surface area contributed by atoms with Gasteiger partial charge in [0.1, 0.15) is 0 Å². The van der Waals surface area contributed by atoms with E-state index < -0.39 is 0 Å². The summed E-state index contributed by atoms with van der Waals surface area (Å²) >= 11 is 9.96. The normalized spacial score (nSPS) is 15.2. The number of carbonyl (C=O) groups excluding carboxylic acids is 1. The quantitative estimate of drug-likeness (QED) is 0.350. The summed E-state index contributed by atoms with van der Waals surface area (Å²) < 4.78 is 0.957. The number of nitrogens with one attached hydrogen (secondary N) is 3. The fourth-order valence-electron chi connectivity index (χ4n) is 4.06. The van der Waals surface area contributed by atoms with Gasteiger partial charge in [0.25, 0.3) is 5.91 Å². The van der Waals surface area contributed by atoms with Crippen LogP contribution < -0.4 is 20.9 Å². The Morgan fingerprint density at radius 3 is 2.61 bits per heavy atom. The summed E-state index contributed by atoms with van der Waals surface area (Å²) in [6, 6.07) is 19.1. The molecule has 0 aromatic heterocycles. The van der Waals surface area contributed by atoms with Crippen LogP contribution in [0.3, 0.4) is 0 Å². The largest absolute Gasteiger partial charge is 0.368 e. The molecule has 7 heteroatoms. The Hall–Kier alpha value is -2.54. The smallest absolute Gasteiger partial charge is 0.257 e. The summed E-state index contributed by atoms with van der Waals surface area (Å²) in [5.74, 6) is -0.180. The average Bonchev–Trinajstić information content (AvgIpc) is 2.76. The average molecular weight is 528 g/mol. The molecule has 1 heterocycles. The molecule has 0 saturated carbocycles. The highest BCUT2D eigenvalue weighted by molar-refractivity contribution is 9.10. The monoisotopic (exact) mass is 526 g/mol. The van der Waals surface area contributed by atoms with E-state index in [0.717, 1.165) is 52.4 Å².